The molecular weight excluding hydrogens is 602 g/mol. The van der Waals surface area contributed by atoms with Gasteiger partial charge in [-0.25, -0.2) is 9.78 Å². The number of imidazole rings is 1. The summed E-state index contributed by atoms with van der Waals surface area (Å²) >= 11 is 0. The van der Waals surface area contributed by atoms with Crippen molar-refractivity contribution in [2.45, 2.75) is 82.9 Å². The number of benzene rings is 1. The number of rotatable bonds is 4. The fraction of sp³-hybridized carbons (Fsp3) is 0.600. The Morgan fingerprint density at radius 1 is 1.09 bits per heavy atom. The molecule has 0 bridgehead atoms. The van der Waals surface area contributed by atoms with Gasteiger partial charge in [0.1, 0.15) is 17.2 Å². The normalized spacial score (nSPS) is 30.4. The van der Waals surface area contributed by atoms with E-state index in [1.807, 2.05) is 36.4 Å². The summed E-state index contributed by atoms with van der Waals surface area (Å²) in [5.41, 5.74) is -0.604. The lowest BCUT2D eigenvalue weighted by molar-refractivity contribution is -0.159. The number of ether oxygens (including phenoxy) is 1. The van der Waals surface area contributed by atoms with E-state index in [1.165, 1.54) is 0 Å². The van der Waals surface area contributed by atoms with Crippen LogP contribution in [0, 0.1) is 23.7 Å². The molecule has 1 aliphatic carbocycles. The van der Waals surface area contributed by atoms with Crippen LogP contribution in [0.4, 0.5) is 0 Å². The highest BCUT2D eigenvalue weighted by Gasteiger charge is 2.62. The first-order valence-electron chi connectivity index (χ1n) is 16.7. The van der Waals surface area contributed by atoms with Gasteiger partial charge in [0.2, 0.25) is 11.8 Å². The molecule has 3 fully saturated rings. The largest absolute Gasteiger partial charge is 0.479 e. The van der Waals surface area contributed by atoms with Gasteiger partial charge in [-0.15, -0.1) is 0 Å². The van der Waals surface area contributed by atoms with Crippen molar-refractivity contribution in [2.24, 2.45) is 30.7 Å². The van der Waals surface area contributed by atoms with E-state index < -0.39 is 46.9 Å². The second-order valence-electron chi connectivity index (χ2n) is 14.7. The smallest absolute Gasteiger partial charge is 0.330 e. The van der Waals surface area contributed by atoms with Gasteiger partial charge < -0.3 is 29.5 Å². The van der Waals surface area contributed by atoms with Crippen molar-refractivity contribution < 1.29 is 33.8 Å². The quantitative estimate of drug-likeness (QED) is 0.379. The topological polar surface area (TPSA) is 151 Å². The van der Waals surface area contributed by atoms with Crippen molar-refractivity contribution in [2.75, 3.05) is 19.6 Å². The second kappa shape index (κ2) is 12.4. The summed E-state index contributed by atoms with van der Waals surface area (Å²) < 4.78 is 7.34. The molecule has 252 valence electrons. The second-order valence-corrected chi connectivity index (χ2v) is 14.7. The summed E-state index contributed by atoms with van der Waals surface area (Å²) in [6.45, 7) is 6.11. The van der Waals surface area contributed by atoms with E-state index in [9.17, 15) is 29.1 Å². The third-order valence-corrected chi connectivity index (χ3v) is 10.2. The molecule has 0 spiro atoms. The number of carboxylic acid groups (broad SMARTS) is 1. The van der Waals surface area contributed by atoms with Crippen molar-refractivity contribution >= 4 is 40.7 Å². The number of aliphatic carboxylic acids is 1. The van der Waals surface area contributed by atoms with Crippen LogP contribution in [-0.4, -0.2) is 90.9 Å². The molecule has 4 aliphatic rings. The molecular formula is C35H45N5O7. The molecule has 47 heavy (non-hydrogen) atoms. The molecule has 6 rings (SSSR count). The molecule has 0 unspecified atom stereocenters. The number of esters is 1. The van der Waals surface area contributed by atoms with E-state index in [1.54, 1.807) is 42.2 Å². The number of aryl methyl sites for hydroxylation is 1. The van der Waals surface area contributed by atoms with Gasteiger partial charge in [-0.3, -0.25) is 19.2 Å². The highest BCUT2D eigenvalue weighted by atomic mass is 16.6. The lowest BCUT2D eigenvalue weighted by atomic mass is 9.92. The van der Waals surface area contributed by atoms with E-state index in [2.05, 4.69) is 10.3 Å². The Morgan fingerprint density at radius 3 is 2.57 bits per heavy atom. The fourth-order valence-corrected chi connectivity index (χ4v) is 7.73. The maximum atomic E-state index is 14.3. The predicted octanol–water partition coefficient (Wildman–Crippen LogP) is 3.30. The van der Waals surface area contributed by atoms with Crippen LogP contribution in [0.3, 0.4) is 0 Å². The van der Waals surface area contributed by atoms with Crippen LogP contribution in [0.5, 0.6) is 0 Å². The van der Waals surface area contributed by atoms with Gasteiger partial charge in [0.05, 0.1) is 17.5 Å². The van der Waals surface area contributed by atoms with Gasteiger partial charge in [0, 0.05) is 50.4 Å². The minimum absolute atomic E-state index is 0.103. The molecule has 4 heterocycles. The number of carbonyl (C=O) groups is 5. The molecule has 3 aliphatic heterocycles. The third-order valence-electron chi connectivity index (χ3n) is 10.2. The number of para-hydroxylation sites is 2. The van der Waals surface area contributed by atoms with Crippen molar-refractivity contribution in [3.63, 3.8) is 0 Å². The summed E-state index contributed by atoms with van der Waals surface area (Å²) in [5.74, 6) is -4.01. The number of aromatic nitrogens is 2. The average molecular weight is 648 g/mol. The SMILES string of the molecule is Cn1c(C(=O)N2C[C@H]3CN4C(=O)[C@H](CC(=O)OC(C)(C)C)CCCCC/C=C\[C@@H]5C[C@@]5(C(=O)O)NC(=O)[C@@H]4[C@H]3C2)nc2ccccc21. The van der Waals surface area contributed by atoms with Crippen molar-refractivity contribution in [1.29, 1.82) is 0 Å². The zero-order chi connectivity index (χ0) is 33.7. The van der Waals surface area contributed by atoms with Crippen LogP contribution in [0.25, 0.3) is 11.0 Å². The first-order valence-corrected chi connectivity index (χ1v) is 16.7. The monoisotopic (exact) mass is 647 g/mol. The Kier molecular flexibility index (Phi) is 8.65. The number of carbonyl (C=O) groups excluding carboxylic acids is 4. The molecule has 2 N–H and O–H groups in total. The molecule has 12 nitrogen and oxygen atoms in total. The van der Waals surface area contributed by atoms with E-state index in [-0.39, 0.29) is 49.6 Å². The minimum atomic E-state index is -1.43. The van der Waals surface area contributed by atoms with Gasteiger partial charge in [-0.1, -0.05) is 37.1 Å². The number of likely N-dealkylation sites (tertiary alicyclic amines) is 1. The molecule has 0 radical (unpaired) electrons. The number of carboxylic acids is 1. The summed E-state index contributed by atoms with van der Waals surface area (Å²) in [7, 11) is 1.80. The highest BCUT2D eigenvalue weighted by molar-refractivity contribution is 5.97. The zero-order valence-electron chi connectivity index (χ0n) is 27.6. The first-order chi connectivity index (χ1) is 22.3. The molecule has 12 heteroatoms. The van der Waals surface area contributed by atoms with Gasteiger partial charge >= 0.3 is 11.9 Å². The van der Waals surface area contributed by atoms with E-state index in [4.69, 9.17) is 4.74 Å². The van der Waals surface area contributed by atoms with E-state index in [0.29, 0.717) is 24.3 Å². The summed E-state index contributed by atoms with van der Waals surface area (Å²) in [6.07, 6.45) is 7.72. The number of amides is 3. The Labute approximate surface area is 274 Å². The summed E-state index contributed by atoms with van der Waals surface area (Å²) in [4.78, 5) is 75.6. The number of fused-ring (bicyclic) bond motifs is 5. The van der Waals surface area contributed by atoms with Crippen LogP contribution >= 0.6 is 0 Å². The molecule has 3 amide bonds. The molecule has 2 saturated heterocycles. The van der Waals surface area contributed by atoms with Gasteiger partial charge in [0.15, 0.2) is 5.82 Å². The summed E-state index contributed by atoms with van der Waals surface area (Å²) in [5, 5.41) is 13.0. The Bertz CT molecular complexity index is 1630. The molecule has 1 aromatic heterocycles. The van der Waals surface area contributed by atoms with E-state index in [0.717, 1.165) is 31.2 Å². The fourth-order valence-electron chi connectivity index (χ4n) is 7.73. The van der Waals surface area contributed by atoms with Crippen LogP contribution in [0.1, 0.15) is 76.3 Å². The molecule has 1 saturated carbocycles. The standard InChI is InChI=1S/C35H45N5O7/c1-34(2,3)47-27(41)16-21-12-8-6-5-7-9-13-23-17-35(23,33(45)46)37-30(42)28-24-20-39(18-22(24)19-40(28)31(21)43)32(44)29-36-25-14-10-11-15-26(25)38(29)4/h9-11,13-15,21-24,28H,5-8,12,16-20H2,1-4H3,(H,37,42)(H,45,46)/b13-9-/t21-,22-,23+,24-,28-,35+/m0/s1. The van der Waals surface area contributed by atoms with Crippen LogP contribution in [0.15, 0.2) is 36.4 Å². The van der Waals surface area contributed by atoms with Gasteiger partial charge in [-0.05, 0) is 58.6 Å². The lowest BCUT2D eigenvalue weighted by Crippen LogP contribution is -2.56. The maximum absolute atomic E-state index is 14.3. The van der Waals surface area contributed by atoms with Gasteiger partial charge in [-0.2, -0.15) is 0 Å². The number of nitrogens with zero attached hydrogens (tertiary/aromatic N) is 4. The zero-order valence-corrected chi connectivity index (χ0v) is 27.6. The highest BCUT2D eigenvalue weighted by Crippen LogP contribution is 2.46. The number of allylic oxidation sites excluding steroid dienone is 1. The lowest BCUT2D eigenvalue weighted by Gasteiger charge is -2.32. The molecule has 6 atom stereocenters. The number of nitrogens with one attached hydrogen (secondary N) is 1. The number of hydrogen-bond donors (Lipinski definition) is 2. The Hall–Kier alpha value is -4.22. The van der Waals surface area contributed by atoms with Crippen molar-refractivity contribution in [1.82, 2.24) is 24.7 Å². The molecule has 2 aromatic rings. The Morgan fingerprint density at radius 2 is 1.85 bits per heavy atom. The average Bonchev–Trinajstić information content (AvgIpc) is 3.25. The van der Waals surface area contributed by atoms with Crippen molar-refractivity contribution in [3.05, 3.63) is 42.2 Å². The van der Waals surface area contributed by atoms with Crippen molar-refractivity contribution in [3.8, 4) is 0 Å². The predicted molar refractivity (Wildman–Crippen MR) is 172 cm³/mol. The molecule has 1 aromatic carbocycles. The number of hydrogen-bond acceptors (Lipinski definition) is 7. The maximum Gasteiger partial charge on any atom is 0.330 e. The van der Waals surface area contributed by atoms with Crippen LogP contribution in [-0.2, 0) is 31.0 Å². The first kappa shape index (κ1) is 32.7. The third kappa shape index (κ3) is 6.38. The van der Waals surface area contributed by atoms with E-state index >= 15 is 0 Å². The van der Waals surface area contributed by atoms with Crippen LogP contribution < -0.4 is 5.32 Å². The van der Waals surface area contributed by atoms with Crippen LogP contribution in [0.2, 0.25) is 0 Å². The Balaban J connectivity index is 1.29. The van der Waals surface area contributed by atoms with Gasteiger partial charge in [0.25, 0.3) is 5.91 Å². The minimum Gasteiger partial charge on any atom is -0.479 e. The summed E-state index contributed by atoms with van der Waals surface area (Å²) in [6, 6.07) is 6.51.